The Balaban J connectivity index is 0.000000320. The van der Waals surface area contributed by atoms with Gasteiger partial charge in [-0.2, -0.15) is 0 Å². The van der Waals surface area contributed by atoms with Crippen LogP contribution in [0.25, 0.3) is 0 Å². The van der Waals surface area contributed by atoms with E-state index in [2.05, 4.69) is 13.8 Å². The summed E-state index contributed by atoms with van der Waals surface area (Å²) in [5.41, 5.74) is 0. The van der Waals surface area contributed by atoms with Crippen molar-refractivity contribution in [1.29, 1.82) is 0 Å². The second kappa shape index (κ2) is 24.1. The predicted molar refractivity (Wildman–Crippen MR) is 148 cm³/mol. The molecule has 0 amide bonds. The first-order valence-corrected chi connectivity index (χ1v) is 15.9. The second-order valence-electron chi connectivity index (χ2n) is 11.5. The normalized spacial score (nSPS) is 17.1. The minimum Gasteiger partial charge on any atom is -0.0654 e. The number of hydrogen-bond donors (Lipinski definition) is 0. The van der Waals surface area contributed by atoms with E-state index >= 15 is 0 Å². The number of unbranched alkanes of at least 4 members (excludes halogenated alkanes) is 16. The van der Waals surface area contributed by atoms with Gasteiger partial charge in [-0.15, -0.1) is 0 Å². The molecule has 0 nitrogen and oxygen atoms in total. The number of rotatable bonds is 20. The highest BCUT2D eigenvalue weighted by Gasteiger charge is 2.14. The van der Waals surface area contributed by atoms with Gasteiger partial charge in [-0.3, -0.25) is 0 Å². The molecule has 0 bridgehead atoms. The molecule has 2 fully saturated rings. The number of hydrogen-bond acceptors (Lipinski definition) is 0. The largest absolute Gasteiger partial charge is 0.0654 e. The fourth-order valence-electron chi connectivity index (χ4n) is 6.09. The van der Waals surface area contributed by atoms with Crippen LogP contribution in [0, 0.1) is 11.8 Å². The zero-order valence-corrected chi connectivity index (χ0v) is 23.0. The van der Waals surface area contributed by atoms with E-state index in [1.807, 2.05) is 0 Å². The van der Waals surface area contributed by atoms with Crippen LogP contribution in [-0.4, -0.2) is 0 Å². The Morgan fingerprint density at radius 2 is 0.594 bits per heavy atom. The lowest BCUT2D eigenvalue weighted by Crippen LogP contribution is -1.92. The van der Waals surface area contributed by atoms with Gasteiger partial charge < -0.3 is 0 Å². The van der Waals surface area contributed by atoms with Crippen molar-refractivity contribution >= 4 is 0 Å². The average molecular weight is 449 g/mol. The molecule has 192 valence electrons. The Kier molecular flexibility index (Phi) is 22.7. The minimum absolute atomic E-state index is 1.12. The molecule has 0 saturated heterocycles. The Hall–Kier alpha value is 0. The monoisotopic (exact) mass is 449 g/mol. The van der Waals surface area contributed by atoms with Crippen LogP contribution in [0.2, 0.25) is 0 Å². The van der Waals surface area contributed by atoms with Gasteiger partial charge in [0.25, 0.3) is 0 Å². The molecule has 0 aromatic rings. The summed E-state index contributed by atoms with van der Waals surface area (Å²) in [6, 6.07) is 0. The fraction of sp³-hybridized carbons (Fsp3) is 1.00. The lowest BCUT2D eigenvalue weighted by molar-refractivity contribution is 0.460. The summed E-state index contributed by atoms with van der Waals surface area (Å²) in [7, 11) is 0. The van der Waals surface area contributed by atoms with E-state index in [0.29, 0.717) is 0 Å². The van der Waals surface area contributed by atoms with Gasteiger partial charge in [0.05, 0.1) is 0 Å². The van der Waals surface area contributed by atoms with E-state index in [1.165, 1.54) is 180 Å². The van der Waals surface area contributed by atoms with Crippen LogP contribution < -0.4 is 0 Å². The second-order valence-corrected chi connectivity index (χ2v) is 11.5. The third kappa shape index (κ3) is 19.5. The topological polar surface area (TPSA) is 0 Å². The molecule has 0 spiro atoms. The third-order valence-electron chi connectivity index (χ3n) is 8.38. The van der Waals surface area contributed by atoms with Crippen LogP contribution in [0.5, 0.6) is 0 Å². The quantitative estimate of drug-likeness (QED) is 0.162. The summed E-state index contributed by atoms with van der Waals surface area (Å²) in [5, 5.41) is 0. The summed E-state index contributed by atoms with van der Waals surface area (Å²) in [5.74, 6) is 2.23. The summed E-state index contributed by atoms with van der Waals surface area (Å²) < 4.78 is 0. The average Bonchev–Trinajstić information content (AvgIpc) is 3.52. The molecule has 2 saturated carbocycles. The summed E-state index contributed by atoms with van der Waals surface area (Å²) >= 11 is 0. The summed E-state index contributed by atoms with van der Waals surface area (Å²) in [6.07, 6.45) is 41.8. The maximum atomic E-state index is 2.29. The molecular weight excluding hydrogens is 384 g/mol. The van der Waals surface area contributed by atoms with Gasteiger partial charge in [0.2, 0.25) is 0 Å². The smallest absolute Gasteiger partial charge is 0.0414 e. The highest BCUT2D eigenvalue weighted by atomic mass is 14.2. The zero-order valence-electron chi connectivity index (χ0n) is 23.0. The molecule has 2 aliphatic carbocycles. The van der Waals surface area contributed by atoms with Crippen molar-refractivity contribution in [3.05, 3.63) is 0 Å². The molecule has 2 rings (SSSR count). The molecule has 0 N–H and O–H groups in total. The molecular formula is C32H64. The van der Waals surface area contributed by atoms with Gasteiger partial charge in [-0.05, 0) is 11.8 Å². The van der Waals surface area contributed by atoms with Gasteiger partial charge in [0.1, 0.15) is 0 Å². The first-order valence-electron chi connectivity index (χ1n) is 15.9. The van der Waals surface area contributed by atoms with Crippen LogP contribution in [0.3, 0.4) is 0 Å². The van der Waals surface area contributed by atoms with Crippen molar-refractivity contribution in [3.63, 3.8) is 0 Å². The van der Waals surface area contributed by atoms with Gasteiger partial charge in [0.15, 0.2) is 0 Å². The summed E-state index contributed by atoms with van der Waals surface area (Å²) in [6.45, 7) is 4.59. The molecule has 32 heavy (non-hydrogen) atoms. The molecule has 0 aromatic carbocycles. The van der Waals surface area contributed by atoms with Crippen LogP contribution in [0.15, 0.2) is 0 Å². The molecule has 0 heteroatoms. The van der Waals surface area contributed by atoms with E-state index in [0.717, 1.165) is 11.8 Å². The van der Waals surface area contributed by atoms with Crippen molar-refractivity contribution < 1.29 is 0 Å². The molecule has 0 atom stereocenters. The zero-order chi connectivity index (χ0) is 23.0. The molecule has 0 aliphatic heterocycles. The van der Waals surface area contributed by atoms with E-state index < -0.39 is 0 Å². The van der Waals surface area contributed by atoms with Crippen LogP contribution in [0.4, 0.5) is 0 Å². The Labute approximate surface area is 205 Å². The first kappa shape index (κ1) is 30.0. The fourth-order valence-corrected chi connectivity index (χ4v) is 6.09. The minimum atomic E-state index is 1.12. The van der Waals surface area contributed by atoms with Crippen molar-refractivity contribution in [1.82, 2.24) is 0 Å². The van der Waals surface area contributed by atoms with Crippen molar-refractivity contribution in [2.75, 3.05) is 0 Å². The third-order valence-corrected chi connectivity index (χ3v) is 8.38. The highest BCUT2D eigenvalue weighted by molar-refractivity contribution is 4.67. The van der Waals surface area contributed by atoms with Crippen molar-refractivity contribution in [2.45, 2.75) is 194 Å². The molecule has 0 radical (unpaired) electrons. The molecule has 2 aliphatic rings. The van der Waals surface area contributed by atoms with Crippen LogP contribution >= 0.6 is 0 Å². The first-order chi connectivity index (χ1) is 15.9. The Morgan fingerprint density at radius 3 is 0.875 bits per heavy atom. The highest BCUT2D eigenvalue weighted by Crippen LogP contribution is 2.30. The summed E-state index contributed by atoms with van der Waals surface area (Å²) in [4.78, 5) is 0. The lowest BCUT2D eigenvalue weighted by atomic mass is 9.99. The van der Waals surface area contributed by atoms with Gasteiger partial charge in [0, 0.05) is 0 Å². The molecule has 0 unspecified atom stereocenters. The van der Waals surface area contributed by atoms with E-state index in [9.17, 15) is 0 Å². The van der Waals surface area contributed by atoms with E-state index in [1.54, 1.807) is 0 Å². The Bertz CT molecular complexity index is 300. The van der Waals surface area contributed by atoms with Crippen molar-refractivity contribution in [2.24, 2.45) is 11.8 Å². The van der Waals surface area contributed by atoms with Crippen LogP contribution in [-0.2, 0) is 0 Å². The predicted octanol–water partition coefficient (Wildman–Crippen LogP) is 12.2. The molecule has 0 heterocycles. The lowest BCUT2D eigenvalue weighted by Gasteiger charge is -2.07. The molecule has 0 aromatic heterocycles. The van der Waals surface area contributed by atoms with Crippen molar-refractivity contribution in [3.8, 4) is 0 Å². The Morgan fingerprint density at radius 1 is 0.344 bits per heavy atom. The van der Waals surface area contributed by atoms with E-state index in [4.69, 9.17) is 0 Å². The van der Waals surface area contributed by atoms with Gasteiger partial charge in [-0.25, -0.2) is 0 Å². The van der Waals surface area contributed by atoms with Gasteiger partial charge >= 0.3 is 0 Å². The standard InChI is InChI=1S/2C16H32/c2*1-2-3-4-5-6-7-8-9-10-13-16-14-11-12-15-16/h2*16H,2-15H2,1H3. The maximum Gasteiger partial charge on any atom is -0.0414 e. The van der Waals surface area contributed by atoms with Gasteiger partial charge in [-0.1, -0.05) is 194 Å². The van der Waals surface area contributed by atoms with E-state index in [-0.39, 0.29) is 0 Å². The maximum absolute atomic E-state index is 2.29. The SMILES string of the molecule is CCCCCCCCCCCC1CCCC1.CCCCCCCCCCCC1CCCC1. The van der Waals surface area contributed by atoms with Crippen LogP contribution in [0.1, 0.15) is 194 Å².